The maximum atomic E-state index is 13.1. The Labute approximate surface area is 432 Å². The van der Waals surface area contributed by atoms with Crippen molar-refractivity contribution in [1.29, 1.82) is 10.5 Å². The number of rotatable bonds is 16. The average molecular weight is 999 g/mol. The van der Waals surface area contributed by atoms with E-state index >= 15 is 0 Å². The van der Waals surface area contributed by atoms with Crippen molar-refractivity contribution in [2.75, 3.05) is 83.2 Å². The predicted molar refractivity (Wildman–Crippen MR) is 281 cm³/mol. The van der Waals surface area contributed by atoms with Crippen LogP contribution in [-0.4, -0.2) is 149 Å². The zero-order chi connectivity index (χ0) is 51.2. The minimum atomic E-state index is -0.0210. The van der Waals surface area contributed by atoms with E-state index in [-0.39, 0.29) is 30.3 Å². The van der Waals surface area contributed by atoms with Gasteiger partial charge in [0.1, 0.15) is 0 Å². The molecule has 74 heavy (non-hydrogen) atoms. The molecule has 384 valence electrons. The SMILES string of the molecule is CN1CCN(C(=O)c2cccc(Nc3nccc(-c4cnn(CC(C#N)C5CCCC5)c4)n3)c2)CC1.N#CC(Cn1cc(-c2ccnc(Nc3cccc(C(=O)N4CCN(CCO)CC4)c3)n2)cn1)C1CCCC1. The molecule has 0 radical (unpaired) electrons. The second-order valence-corrected chi connectivity index (χ2v) is 19.9. The molecule has 4 fully saturated rings. The first kappa shape index (κ1) is 51.3. The van der Waals surface area contributed by atoms with Gasteiger partial charge in [0.2, 0.25) is 11.9 Å². The van der Waals surface area contributed by atoms with Crippen LogP contribution >= 0.6 is 0 Å². The molecular weight excluding hydrogens is 933 g/mol. The number of piperazine rings is 2. The molecule has 19 nitrogen and oxygen atoms in total. The van der Waals surface area contributed by atoms with Gasteiger partial charge in [-0.05, 0) is 93.1 Å². The minimum Gasteiger partial charge on any atom is -0.395 e. The number of benzene rings is 2. The highest BCUT2D eigenvalue weighted by Gasteiger charge is 2.28. The number of hydrogen-bond donors (Lipinski definition) is 3. The summed E-state index contributed by atoms with van der Waals surface area (Å²) in [6.07, 6.45) is 20.2. The number of aromatic nitrogens is 8. The first-order chi connectivity index (χ1) is 36.2. The van der Waals surface area contributed by atoms with Gasteiger partial charge in [0, 0.05) is 117 Å². The molecule has 19 heteroatoms. The van der Waals surface area contributed by atoms with Crippen molar-refractivity contribution in [3.05, 3.63) is 109 Å². The highest BCUT2D eigenvalue weighted by Crippen LogP contribution is 2.34. The van der Waals surface area contributed by atoms with Crippen molar-refractivity contribution in [2.45, 2.75) is 64.5 Å². The Kier molecular flexibility index (Phi) is 17.3. The van der Waals surface area contributed by atoms with Crippen LogP contribution in [0.2, 0.25) is 0 Å². The number of nitriles is 2. The molecule has 2 aromatic carbocycles. The summed E-state index contributed by atoms with van der Waals surface area (Å²) in [5.41, 5.74) is 5.97. The first-order valence-electron chi connectivity index (χ1n) is 26.1. The fourth-order valence-electron chi connectivity index (χ4n) is 10.5. The maximum absolute atomic E-state index is 13.1. The van der Waals surface area contributed by atoms with Gasteiger partial charge < -0.3 is 30.4 Å². The molecule has 2 aliphatic carbocycles. The third kappa shape index (κ3) is 13.3. The van der Waals surface area contributed by atoms with Crippen molar-refractivity contribution in [2.24, 2.45) is 23.7 Å². The number of aliphatic hydroxyl groups is 1. The van der Waals surface area contributed by atoms with E-state index in [9.17, 15) is 20.1 Å². The van der Waals surface area contributed by atoms with E-state index in [1.54, 1.807) is 24.8 Å². The van der Waals surface area contributed by atoms with Gasteiger partial charge in [-0.1, -0.05) is 37.8 Å². The summed E-state index contributed by atoms with van der Waals surface area (Å²) in [7, 11) is 2.07. The van der Waals surface area contributed by atoms with Crippen molar-refractivity contribution in [1.82, 2.24) is 59.1 Å². The molecular formula is C55H66N16O3. The molecule has 4 aliphatic rings. The van der Waals surface area contributed by atoms with Gasteiger partial charge in [-0.3, -0.25) is 23.9 Å². The lowest BCUT2D eigenvalue weighted by Gasteiger charge is -2.34. The normalized spacial score (nSPS) is 17.5. The summed E-state index contributed by atoms with van der Waals surface area (Å²) in [6.45, 7) is 8.03. The number of aliphatic hydroxyl groups excluding tert-OH is 1. The van der Waals surface area contributed by atoms with Crippen LogP contribution < -0.4 is 10.6 Å². The highest BCUT2D eigenvalue weighted by molar-refractivity contribution is 5.96. The highest BCUT2D eigenvalue weighted by atomic mass is 16.3. The Morgan fingerprint density at radius 2 is 1.09 bits per heavy atom. The smallest absolute Gasteiger partial charge is 0.254 e. The lowest BCUT2D eigenvalue weighted by molar-refractivity contribution is 0.0614. The molecule has 2 atom stereocenters. The van der Waals surface area contributed by atoms with E-state index in [2.05, 4.69) is 69.8 Å². The molecule has 3 N–H and O–H groups in total. The second kappa shape index (κ2) is 24.9. The topological polar surface area (TPSA) is 226 Å². The summed E-state index contributed by atoms with van der Waals surface area (Å²) in [5, 5.41) is 43.8. The van der Waals surface area contributed by atoms with Crippen LogP contribution in [0.25, 0.3) is 22.5 Å². The third-order valence-electron chi connectivity index (χ3n) is 14.8. The largest absolute Gasteiger partial charge is 0.395 e. The Bertz CT molecular complexity index is 2900. The van der Waals surface area contributed by atoms with Crippen molar-refractivity contribution >= 4 is 35.1 Å². The van der Waals surface area contributed by atoms with Crippen molar-refractivity contribution in [3.8, 4) is 34.7 Å². The maximum Gasteiger partial charge on any atom is 0.254 e. The molecule has 2 unspecified atom stereocenters. The molecule has 0 bridgehead atoms. The number of anilines is 4. The summed E-state index contributed by atoms with van der Waals surface area (Å²) in [4.78, 5) is 52.2. The van der Waals surface area contributed by atoms with Gasteiger partial charge in [-0.2, -0.15) is 20.7 Å². The van der Waals surface area contributed by atoms with Gasteiger partial charge in [-0.15, -0.1) is 0 Å². The number of hydrogen-bond acceptors (Lipinski definition) is 15. The fraction of sp³-hybridized carbons (Fsp3) is 0.455. The van der Waals surface area contributed by atoms with Gasteiger partial charge >= 0.3 is 0 Å². The van der Waals surface area contributed by atoms with Crippen LogP contribution in [-0.2, 0) is 13.1 Å². The second-order valence-electron chi connectivity index (χ2n) is 19.9. The van der Waals surface area contributed by atoms with Gasteiger partial charge in [0.05, 0.1) is 67.5 Å². The van der Waals surface area contributed by atoms with Crippen LogP contribution in [0.3, 0.4) is 0 Å². The van der Waals surface area contributed by atoms with E-state index < -0.39 is 0 Å². The first-order valence-corrected chi connectivity index (χ1v) is 26.1. The molecule has 6 aromatic rings. The number of amides is 2. The molecule has 2 amide bonds. The number of nitrogens with one attached hydrogen (secondary N) is 2. The van der Waals surface area contributed by atoms with Crippen LogP contribution in [0.1, 0.15) is 72.1 Å². The van der Waals surface area contributed by atoms with E-state index in [1.165, 1.54) is 25.7 Å². The Morgan fingerprint density at radius 1 is 0.649 bits per heavy atom. The molecule has 4 aromatic heterocycles. The molecule has 2 aliphatic heterocycles. The Hall–Kier alpha value is -7.58. The summed E-state index contributed by atoms with van der Waals surface area (Å²) >= 11 is 0. The molecule has 6 heterocycles. The molecule has 10 rings (SSSR count). The summed E-state index contributed by atoms with van der Waals surface area (Å²) in [5.74, 6) is 1.81. The van der Waals surface area contributed by atoms with E-state index in [0.717, 1.165) is 98.8 Å². The van der Waals surface area contributed by atoms with E-state index in [4.69, 9.17) is 5.11 Å². The van der Waals surface area contributed by atoms with Gasteiger partial charge in [-0.25, -0.2) is 19.9 Å². The van der Waals surface area contributed by atoms with Gasteiger partial charge in [0.15, 0.2) is 0 Å². The lowest BCUT2D eigenvalue weighted by atomic mass is 9.92. The minimum absolute atomic E-state index is 0.00680. The monoisotopic (exact) mass is 999 g/mol. The quantitative estimate of drug-likeness (QED) is 0.0891. The van der Waals surface area contributed by atoms with E-state index in [1.807, 2.05) is 92.2 Å². The standard InChI is InChI=1S/C28H34N8O2.C27H32N8O/c29-17-23(21-4-1-2-5-21)19-36-20-24(18-31-36)26-8-9-30-28(33-26)32-25-7-3-6-22(16-25)27(38)35-12-10-34(11-13-35)14-15-37;1-33-11-13-34(14-12-33)26(36)21-7-4-8-24(15-21)31-27-29-10-9-25(32-27)23-17-30-35(19-23)18-22(16-28)20-5-2-3-6-20/h3,6-9,16,18,20-21,23,37H,1-2,4-5,10-15,19H2,(H,30,32,33);4,7-10,15,17,19-20,22H,2-3,5-6,11-14,18H2,1H3,(H,29,31,32). The summed E-state index contributed by atoms with van der Waals surface area (Å²) < 4.78 is 3.69. The number of nitrogens with zero attached hydrogens (tertiary/aromatic N) is 14. The van der Waals surface area contributed by atoms with Crippen LogP contribution in [0.4, 0.5) is 23.3 Å². The molecule has 2 saturated heterocycles. The molecule has 2 saturated carbocycles. The third-order valence-corrected chi connectivity index (χ3v) is 14.8. The predicted octanol–water partition coefficient (Wildman–Crippen LogP) is 6.97. The zero-order valence-electron chi connectivity index (χ0n) is 42.2. The summed E-state index contributed by atoms with van der Waals surface area (Å²) in [6, 6.07) is 23.5. The number of likely N-dealkylation sites (N-methyl/N-ethyl adjacent to an activating group) is 1. The fourth-order valence-corrected chi connectivity index (χ4v) is 10.5. The van der Waals surface area contributed by atoms with Crippen LogP contribution in [0.15, 0.2) is 97.8 Å². The molecule has 0 spiro atoms. The van der Waals surface area contributed by atoms with Crippen LogP contribution in [0.5, 0.6) is 0 Å². The number of carbonyl (C=O) groups excluding carboxylic acids is 2. The Morgan fingerprint density at radius 3 is 1.53 bits per heavy atom. The van der Waals surface area contributed by atoms with Crippen molar-refractivity contribution < 1.29 is 14.7 Å². The zero-order valence-corrected chi connectivity index (χ0v) is 42.2. The lowest BCUT2D eigenvalue weighted by Crippen LogP contribution is -2.49. The van der Waals surface area contributed by atoms with Crippen molar-refractivity contribution in [3.63, 3.8) is 0 Å². The van der Waals surface area contributed by atoms with Gasteiger partial charge in [0.25, 0.3) is 11.8 Å². The Balaban J connectivity index is 0.000000182. The van der Waals surface area contributed by atoms with E-state index in [0.29, 0.717) is 67.6 Å². The average Bonchev–Trinajstić information content (AvgIpc) is 4.31. The number of carbonyl (C=O) groups is 2. The number of β-amino-alcohol motifs (C(OH)–C–C–N with tert-alkyl or cyclic N) is 1. The van der Waals surface area contributed by atoms with Crippen LogP contribution in [0, 0.1) is 46.3 Å².